The van der Waals surface area contributed by atoms with Gasteiger partial charge in [-0.15, -0.1) is 0 Å². The number of nitrogens with zero attached hydrogens (tertiary/aromatic N) is 1. The molecule has 0 aliphatic heterocycles. The summed E-state index contributed by atoms with van der Waals surface area (Å²) in [7, 11) is 0. The Morgan fingerprint density at radius 3 is 2.94 bits per heavy atom. The first-order chi connectivity index (χ1) is 8.67. The van der Waals surface area contributed by atoms with E-state index in [4.69, 9.17) is 10.5 Å². The van der Waals surface area contributed by atoms with Crippen molar-refractivity contribution in [1.29, 1.82) is 0 Å². The van der Waals surface area contributed by atoms with Crippen LogP contribution in [0.1, 0.15) is 54.8 Å². The molecule has 2 saturated carbocycles. The molecule has 1 heterocycles. The third-order valence-electron chi connectivity index (χ3n) is 3.97. The number of aromatic amines is 1. The lowest BCUT2D eigenvalue weighted by molar-refractivity contribution is 0.0488. The summed E-state index contributed by atoms with van der Waals surface area (Å²) in [5.41, 5.74) is 6.20. The number of aromatic nitrogens is 2. The number of esters is 1. The molecule has 0 saturated heterocycles. The zero-order valence-electron chi connectivity index (χ0n) is 10.4. The second-order valence-electron chi connectivity index (χ2n) is 5.52. The first kappa shape index (κ1) is 11.7. The summed E-state index contributed by atoms with van der Waals surface area (Å²) in [5, 5.41) is 0. The molecule has 2 aliphatic rings. The van der Waals surface area contributed by atoms with Gasteiger partial charge in [0.1, 0.15) is 11.5 Å². The quantitative estimate of drug-likeness (QED) is 0.778. The van der Waals surface area contributed by atoms with Gasteiger partial charge in [-0.05, 0) is 31.6 Å². The predicted octanol–water partition coefficient (Wildman–Crippen LogP) is 1.70. The minimum absolute atomic E-state index is 0.322. The molecule has 0 radical (unpaired) electrons. The van der Waals surface area contributed by atoms with E-state index in [2.05, 4.69) is 9.97 Å². The second kappa shape index (κ2) is 4.39. The molecule has 0 amide bonds. The van der Waals surface area contributed by atoms with E-state index in [9.17, 15) is 4.79 Å². The van der Waals surface area contributed by atoms with E-state index in [1.54, 1.807) is 0 Å². The molecule has 0 aromatic carbocycles. The Bertz CT molecular complexity index is 447. The molecule has 18 heavy (non-hydrogen) atoms. The fourth-order valence-electron chi connectivity index (χ4n) is 2.28. The fraction of sp³-hybridized carbons (Fsp3) is 0.692. The van der Waals surface area contributed by atoms with Gasteiger partial charge in [-0.1, -0.05) is 12.8 Å². The number of nitrogens with two attached hydrogens (primary N) is 1. The van der Waals surface area contributed by atoms with E-state index in [0.717, 1.165) is 31.6 Å². The molecule has 0 atom stereocenters. The molecule has 5 heteroatoms. The van der Waals surface area contributed by atoms with Crippen LogP contribution in [0.25, 0.3) is 0 Å². The highest BCUT2D eigenvalue weighted by Gasteiger charge is 2.37. The lowest BCUT2D eigenvalue weighted by Gasteiger charge is -2.35. The minimum atomic E-state index is -0.355. The lowest BCUT2D eigenvalue weighted by atomic mass is 9.77. The molecule has 3 N–H and O–H groups in total. The van der Waals surface area contributed by atoms with E-state index in [-0.39, 0.29) is 11.5 Å². The van der Waals surface area contributed by atoms with Crippen LogP contribution >= 0.6 is 0 Å². The number of hydrogen-bond donors (Lipinski definition) is 2. The summed E-state index contributed by atoms with van der Waals surface area (Å²) in [5.74, 6) is 1.16. The third kappa shape index (κ3) is 2.27. The summed E-state index contributed by atoms with van der Waals surface area (Å²) in [4.78, 5) is 19.0. The molecular formula is C13H19N3O2. The Hall–Kier alpha value is -1.36. The second-order valence-corrected chi connectivity index (χ2v) is 5.52. The van der Waals surface area contributed by atoms with Crippen molar-refractivity contribution < 1.29 is 9.53 Å². The average Bonchev–Trinajstić information content (AvgIpc) is 3.00. The van der Waals surface area contributed by atoms with Crippen molar-refractivity contribution in [3.05, 3.63) is 17.7 Å². The van der Waals surface area contributed by atoms with Crippen LogP contribution in [0.2, 0.25) is 0 Å². The largest absolute Gasteiger partial charge is 0.461 e. The topological polar surface area (TPSA) is 81.0 Å². The normalized spacial score (nSPS) is 21.4. The van der Waals surface area contributed by atoms with Gasteiger partial charge in [0, 0.05) is 0 Å². The van der Waals surface area contributed by atoms with Gasteiger partial charge in [-0.3, -0.25) is 0 Å². The highest BCUT2D eigenvalue weighted by atomic mass is 16.5. The molecule has 2 fully saturated rings. The SMILES string of the molecule is NC1(c2ncc(C(=O)OCCC3CC3)[nH]2)CCC1. The summed E-state index contributed by atoms with van der Waals surface area (Å²) in [6.45, 7) is 0.506. The molecule has 0 bridgehead atoms. The Labute approximate surface area is 106 Å². The summed E-state index contributed by atoms with van der Waals surface area (Å²) < 4.78 is 5.21. The smallest absolute Gasteiger partial charge is 0.356 e. The number of H-pyrrole nitrogens is 1. The number of carbonyl (C=O) groups is 1. The molecule has 3 rings (SSSR count). The maximum absolute atomic E-state index is 11.8. The van der Waals surface area contributed by atoms with Crippen molar-refractivity contribution in [2.24, 2.45) is 11.7 Å². The van der Waals surface area contributed by atoms with Gasteiger partial charge in [0.25, 0.3) is 0 Å². The summed E-state index contributed by atoms with van der Waals surface area (Å²) >= 11 is 0. The molecule has 1 aromatic rings. The molecule has 1 aromatic heterocycles. The maximum Gasteiger partial charge on any atom is 0.356 e. The Kier molecular flexibility index (Phi) is 2.86. The van der Waals surface area contributed by atoms with Gasteiger partial charge in [0.15, 0.2) is 0 Å². The van der Waals surface area contributed by atoms with E-state index < -0.39 is 0 Å². The van der Waals surface area contributed by atoms with Gasteiger partial charge in [0.2, 0.25) is 0 Å². The molecule has 2 aliphatic carbocycles. The fourth-order valence-corrected chi connectivity index (χ4v) is 2.28. The van der Waals surface area contributed by atoms with Crippen molar-refractivity contribution in [3.8, 4) is 0 Å². The van der Waals surface area contributed by atoms with Crippen molar-refractivity contribution >= 4 is 5.97 Å². The van der Waals surface area contributed by atoms with Gasteiger partial charge >= 0.3 is 5.97 Å². The molecule has 5 nitrogen and oxygen atoms in total. The van der Waals surface area contributed by atoms with E-state index in [1.165, 1.54) is 19.0 Å². The molecule has 98 valence electrons. The third-order valence-corrected chi connectivity index (χ3v) is 3.97. The average molecular weight is 249 g/mol. The van der Waals surface area contributed by atoms with Crippen LogP contribution in [0.3, 0.4) is 0 Å². The molecular weight excluding hydrogens is 230 g/mol. The summed E-state index contributed by atoms with van der Waals surface area (Å²) in [6, 6.07) is 0. The Morgan fingerprint density at radius 2 is 2.33 bits per heavy atom. The first-order valence-corrected chi connectivity index (χ1v) is 6.69. The highest BCUT2D eigenvalue weighted by molar-refractivity contribution is 5.87. The highest BCUT2D eigenvalue weighted by Crippen LogP contribution is 2.37. The van der Waals surface area contributed by atoms with Crippen LogP contribution in [0, 0.1) is 5.92 Å². The van der Waals surface area contributed by atoms with Crippen molar-refractivity contribution in [1.82, 2.24) is 9.97 Å². The predicted molar refractivity (Wildman–Crippen MR) is 65.9 cm³/mol. The van der Waals surface area contributed by atoms with Gasteiger partial charge in [0.05, 0.1) is 18.3 Å². The van der Waals surface area contributed by atoms with Gasteiger partial charge in [-0.25, -0.2) is 9.78 Å². The van der Waals surface area contributed by atoms with Gasteiger partial charge in [-0.2, -0.15) is 0 Å². The van der Waals surface area contributed by atoms with E-state index in [1.807, 2.05) is 0 Å². The Morgan fingerprint density at radius 1 is 1.56 bits per heavy atom. The molecule has 0 unspecified atom stereocenters. The standard InChI is InChI=1S/C13H19N3O2/c14-13(5-1-6-13)12-15-8-10(16-12)11(17)18-7-4-9-2-3-9/h8-9H,1-7,14H2,(H,15,16). The number of nitrogens with one attached hydrogen (secondary N) is 1. The number of carbonyl (C=O) groups excluding carboxylic acids is 1. The molecule has 0 spiro atoms. The number of imidazole rings is 1. The maximum atomic E-state index is 11.8. The lowest BCUT2D eigenvalue weighted by Crippen LogP contribution is -2.44. The summed E-state index contributed by atoms with van der Waals surface area (Å²) in [6.07, 6.45) is 8.05. The minimum Gasteiger partial charge on any atom is -0.461 e. The first-order valence-electron chi connectivity index (χ1n) is 6.69. The monoisotopic (exact) mass is 249 g/mol. The van der Waals surface area contributed by atoms with Crippen LogP contribution in [-0.4, -0.2) is 22.5 Å². The van der Waals surface area contributed by atoms with Crippen LogP contribution in [0.5, 0.6) is 0 Å². The van der Waals surface area contributed by atoms with Crippen LogP contribution in [0.15, 0.2) is 6.20 Å². The Balaban J connectivity index is 1.56. The van der Waals surface area contributed by atoms with Crippen molar-refractivity contribution in [2.75, 3.05) is 6.61 Å². The zero-order valence-corrected chi connectivity index (χ0v) is 10.4. The van der Waals surface area contributed by atoms with Gasteiger partial charge < -0.3 is 15.5 Å². The van der Waals surface area contributed by atoms with E-state index >= 15 is 0 Å². The number of rotatable bonds is 5. The van der Waals surface area contributed by atoms with Crippen molar-refractivity contribution in [3.63, 3.8) is 0 Å². The number of hydrogen-bond acceptors (Lipinski definition) is 4. The van der Waals surface area contributed by atoms with E-state index in [0.29, 0.717) is 18.1 Å². The zero-order chi connectivity index (χ0) is 12.6. The van der Waals surface area contributed by atoms with Crippen LogP contribution < -0.4 is 5.73 Å². The van der Waals surface area contributed by atoms with Crippen LogP contribution in [0.4, 0.5) is 0 Å². The van der Waals surface area contributed by atoms with Crippen LogP contribution in [-0.2, 0) is 10.3 Å². The number of ether oxygens (including phenoxy) is 1. The van der Waals surface area contributed by atoms with Crippen molar-refractivity contribution in [2.45, 2.75) is 44.1 Å².